The van der Waals surface area contributed by atoms with Gasteiger partial charge in [0.1, 0.15) is 17.3 Å². The number of imide groups is 1. The first-order valence-electron chi connectivity index (χ1n) is 12.3. The number of likely N-dealkylation sites (tertiary alicyclic amines) is 1. The van der Waals surface area contributed by atoms with Gasteiger partial charge in [-0.25, -0.2) is 4.79 Å². The van der Waals surface area contributed by atoms with Gasteiger partial charge in [0, 0.05) is 40.6 Å². The Labute approximate surface area is 212 Å². The van der Waals surface area contributed by atoms with Crippen molar-refractivity contribution in [2.45, 2.75) is 44.2 Å². The molecule has 0 aliphatic carbocycles. The van der Waals surface area contributed by atoms with Crippen molar-refractivity contribution in [1.82, 2.24) is 19.7 Å². The number of urea groups is 1. The van der Waals surface area contributed by atoms with E-state index in [0.29, 0.717) is 19.5 Å². The lowest BCUT2D eigenvalue weighted by molar-refractivity contribution is -0.133. The lowest BCUT2D eigenvalue weighted by Crippen LogP contribution is -2.53. The predicted octanol–water partition coefficient (Wildman–Crippen LogP) is 4.79. The van der Waals surface area contributed by atoms with E-state index in [4.69, 9.17) is 0 Å². The molecule has 8 heteroatoms. The molecule has 0 spiro atoms. The zero-order valence-corrected chi connectivity index (χ0v) is 21.3. The largest absolute Gasteiger partial charge is 0.508 e. The first kappa shape index (κ1) is 22.6. The number of fused-ring (bicyclic) bond motifs is 4. The molecule has 2 fully saturated rings. The maximum atomic E-state index is 13.9. The number of carbonyl (C=O) groups excluding carboxylic acids is 2. The maximum absolute atomic E-state index is 13.9. The van der Waals surface area contributed by atoms with Gasteiger partial charge >= 0.3 is 6.03 Å². The van der Waals surface area contributed by atoms with Crippen LogP contribution in [-0.2, 0) is 11.2 Å². The molecule has 3 amide bonds. The number of aromatic hydroxyl groups is 1. The van der Waals surface area contributed by atoms with E-state index in [1.165, 1.54) is 24.2 Å². The SMILES string of the molecule is CC12Cc3c([nH]c4ccc(Br)cc34)C(c3cccc(O)c3)N1C(=O)N(CCN1CCCCC1)C2=O. The summed E-state index contributed by atoms with van der Waals surface area (Å²) in [4.78, 5) is 36.9. The standard InChI is InChI=1S/C27H29BrN4O3/c1-27-16-21-20-15-18(28)8-9-22(20)29-23(21)24(17-6-5-7-19(33)14-17)32(27)26(35)31(25(27)34)13-12-30-10-3-2-4-11-30/h5-9,14-15,24,29,33H,2-4,10-13,16H2,1H3. The molecule has 2 saturated heterocycles. The number of hydrogen-bond donors (Lipinski definition) is 2. The third-order valence-electron chi connectivity index (χ3n) is 7.90. The Kier molecular flexibility index (Phi) is 5.41. The van der Waals surface area contributed by atoms with Crippen LogP contribution in [0, 0.1) is 0 Å². The van der Waals surface area contributed by atoms with E-state index in [1.807, 2.05) is 25.1 Å². The summed E-state index contributed by atoms with van der Waals surface area (Å²) < 4.78 is 0.963. The third-order valence-corrected chi connectivity index (χ3v) is 8.40. The number of H-pyrrole nitrogens is 1. The van der Waals surface area contributed by atoms with Crippen LogP contribution < -0.4 is 0 Å². The summed E-state index contributed by atoms with van der Waals surface area (Å²) in [5.41, 5.74) is 2.70. The van der Waals surface area contributed by atoms with E-state index in [-0.39, 0.29) is 17.7 Å². The summed E-state index contributed by atoms with van der Waals surface area (Å²) in [5, 5.41) is 11.3. The number of carbonyl (C=O) groups is 2. The molecule has 7 nitrogen and oxygen atoms in total. The minimum Gasteiger partial charge on any atom is -0.508 e. The van der Waals surface area contributed by atoms with Crippen LogP contribution in [0.3, 0.4) is 0 Å². The molecule has 2 unspecified atom stereocenters. The van der Waals surface area contributed by atoms with Crippen molar-refractivity contribution < 1.29 is 14.7 Å². The molecular formula is C27H29BrN4O3. The molecule has 4 heterocycles. The fourth-order valence-electron chi connectivity index (χ4n) is 6.15. The smallest absolute Gasteiger partial charge is 0.328 e. The lowest BCUT2D eigenvalue weighted by Gasteiger charge is -2.42. The number of nitrogens with one attached hydrogen (secondary N) is 1. The van der Waals surface area contributed by atoms with Crippen LogP contribution in [0.5, 0.6) is 5.75 Å². The van der Waals surface area contributed by atoms with E-state index in [9.17, 15) is 14.7 Å². The monoisotopic (exact) mass is 536 g/mol. The highest BCUT2D eigenvalue weighted by atomic mass is 79.9. The van der Waals surface area contributed by atoms with Gasteiger partial charge in [0.2, 0.25) is 0 Å². The van der Waals surface area contributed by atoms with Gasteiger partial charge in [-0.2, -0.15) is 0 Å². The van der Waals surface area contributed by atoms with E-state index in [1.54, 1.807) is 23.1 Å². The topological polar surface area (TPSA) is 79.9 Å². The molecule has 3 aliphatic heterocycles. The average molecular weight is 537 g/mol. The number of aromatic nitrogens is 1. The zero-order valence-electron chi connectivity index (χ0n) is 19.8. The average Bonchev–Trinajstić information content (AvgIpc) is 3.28. The molecule has 0 saturated carbocycles. The summed E-state index contributed by atoms with van der Waals surface area (Å²) in [7, 11) is 0. The minimum atomic E-state index is -1.00. The molecule has 0 bridgehead atoms. The Balaban J connectivity index is 1.45. The van der Waals surface area contributed by atoms with E-state index in [0.717, 1.165) is 45.3 Å². The maximum Gasteiger partial charge on any atom is 0.328 e. The second-order valence-electron chi connectivity index (χ2n) is 10.2. The van der Waals surface area contributed by atoms with Crippen molar-refractivity contribution in [2.24, 2.45) is 0 Å². The van der Waals surface area contributed by atoms with E-state index < -0.39 is 11.6 Å². The molecule has 3 aromatic rings. The van der Waals surface area contributed by atoms with Gasteiger partial charge in [-0.1, -0.05) is 34.5 Å². The molecule has 2 atom stereocenters. The highest BCUT2D eigenvalue weighted by Crippen LogP contribution is 2.49. The number of aromatic amines is 1. The van der Waals surface area contributed by atoms with Crippen molar-refractivity contribution in [2.75, 3.05) is 26.2 Å². The summed E-state index contributed by atoms with van der Waals surface area (Å²) in [6.45, 7) is 5.04. The molecule has 2 N–H and O–H groups in total. The Morgan fingerprint density at radius 3 is 2.66 bits per heavy atom. The summed E-state index contributed by atoms with van der Waals surface area (Å²) in [6, 6.07) is 12.3. The van der Waals surface area contributed by atoms with E-state index >= 15 is 0 Å². The minimum absolute atomic E-state index is 0.134. The molecule has 3 aliphatic rings. The van der Waals surface area contributed by atoms with Gasteiger partial charge in [-0.05, 0) is 74.3 Å². The molecule has 0 radical (unpaired) electrons. The van der Waals surface area contributed by atoms with Crippen molar-refractivity contribution in [3.05, 3.63) is 63.8 Å². The first-order valence-corrected chi connectivity index (χ1v) is 13.1. The van der Waals surface area contributed by atoms with E-state index in [2.05, 4.69) is 31.9 Å². The highest BCUT2D eigenvalue weighted by Gasteiger charge is 2.60. The Bertz CT molecular complexity index is 1330. The van der Waals surface area contributed by atoms with Gasteiger partial charge < -0.3 is 15.0 Å². The fraction of sp³-hybridized carbons (Fsp3) is 0.407. The van der Waals surface area contributed by atoms with Gasteiger partial charge in [-0.15, -0.1) is 0 Å². The Hall–Kier alpha value is -2.84. The number of halogens is 1. The Morgan fingerprint density at radius 2 is 1.89 bits per heavy atom. The van der Waals surface area contributed by atoms with Crippen molar-refractivity contribution in [3.63, 3.8) is 0 Å². The van der Waals surface area contributed by atoms with Crippen molar-refractivity contribution in [1.29, 1.82) is 0 Å². The number of piperidine rings is 1. The fourth-order valence-corrected chi connectivity index (χ4v) is 6.51. The number of nitrogens with zero attached hydrogens (tertiary/aromatic N) is 3. The van der Waals surface area contributed by atoms with Crippen LogP contribution in [0.15, 0.2) is 46.9 Å². The Morgan fingerprint density at radius 1 is 1.09 bits per heavy atom. The van der Waals surface area contributed by atoms with Gasteiger partial charge in [0.25, 0.3) is 5.91 Å². The van der Waals surface area contributed by atoms with Crippen molar-refractivity contribution in [3.8, 4) is 5.75 Å². The van der Waals surface area contributed by atoms with Gasteiger partial charge in [0.05, 0.1) is 0 Å². The van der Waals surface area contributed by atoms with Crippen LogP contribution >= 0.6 is 15.9 Å². The van der Waals surface area contributed by atoms with Crippen molar-refractivity contribution >= 4 is 38.8 Å². The number of phenols is 1. The second-order valence-corrected chi connectivity index (χ2v) is 11.1. The quantitative estimate of drug-likeness (QED) is 0.470. The van der Waals surface area contributed by atoms with Gasteiger partial charge in [0.15, 0.2) is 0 Å². The molecule has 1 aromatic heterocycles. The molecule has 182 valence electrons. The number of amides is 3. The van der Waals surface area contributed by atoms with Crippen LogP contribution in [0.1, 0.15) is 49.0 Å². The van der Waals surface area contributed by atoms with Crippen LogP contribution in [0.4, 0.5) is 4.79 Å². The molecule has 35 heavy (non-hydrogen) atoms. The third kappa shape index (κ3) is 3.57. The first-order chi connectivity index (χ1) is 16.9. The van der Waals surface area contributed by atoms with Crippen LogP contribution in [-0.4, -0.2) is 68.4 Å². The number of benzene rings is 2. The zero-order chi connectivity index (χ0) is 24.3. The second kappa shape index (κ2) is 8.38. The summed E-state index contributed by atoms with van der Waals surface area (Å²) in [5.74, 6) is -0.00484. The highest BCUT2D eigenvalue weighted by molar-refractivity contribution is 9.10. The van der Waals surface area contributed by atoms with Crippen LogP contribution in [0.25, 0.3) is 10.9 Å². The molecular weight excluding hydrogens is 508 g/mol. The predicted molar refractivity (Wildman–Crippen MR) is 137 cm³/mol. The number of phenolic OH excluding ortho intramolecular Hbond substituents is 1. The molecule has 2 aromatic carbocycles. The van der Waals surface area contributed by atoms with Crippen LogP contribution in [0.2, 0.25) is 0 Å². The summed E-state index contributed by atoms with van der Waals surface area (Å²) >= 11 is 3.58. The normalized spacial score (nSPS) is 24.8. The lowest BCUT2D eigenvalue weighted by atomic mass is 9.81. The van der Waals surface area contributed by atoms with Gasteiger partial charge in [-0.3, -0.25) is 14.6 Å². The number of rotatable bonds is 4. The number of hydrogen-bond acceptors (Lipinski definition) is 4. The molecule has 6 rings (SSSR count). The summed E-state index contributed by atoms with van der Waals surface area (Å²) in [6.07, 6.45) is 4.03.